The van der Waals surface area contributed by atoms with Gasteiger partial charge in [0.05, 0.1) is 0 Å². The Morgan fingerprint density at radius 1 is 1.20 bits per heavy atom. The van der Waals surface area contributed by atoms with E-state index >= 15 is 0 Å². The van der Waals surface area contributed by atoms with Crippen LogP contribution in [0.25, 0.3) is 0 Å². The van der Waals surface area contributed by atoms with Crippen molar-refractivity contribution < 1.29 is 0 Å². The Hall–Kier alpha value is -1.09. The highest BCUT2D eigenvalue weighted by molar-refractivity contribution is 5.25. The van der Waals surface area contributed by atoms with Gasteiger partial charge in [-0.3, -0.25) is 4.79 Å². The van der Waals surface area contributed by atoms with Crippen LogP contribution in [0.15, 0.2) is 16.9 Å². The van der Waals surface area contributed by atoms with Crippen LogP contribution in [0.3, 0.4) is 0 Å². The third-order valence-electron chi connectivity index (χ3n) is 5.03. The second-order valence-corrected chi connectivity index (χ2v) is 6.56. The average molecular weight is 274 g/mol. The van der Waals surface area contributed by atoms with Crippen LogP contribution >= 0.6 is 0 Å². The Balaban J connectivity index is 1.57. The Morgan fingerprint density at radius 3 is 2.80 bits per heavy atom. The van der Waals surface area contributed by atoms with E-state index in [9.17, 15) is 4.79 Å². The molecule has 0 spiro atoms. The highest BCUT2D eigenvalue weighted by atomic mass is 16.1. The van der Waals surface area contributed by atoms with Crippen LogP contribution in [-0.4, -0.2) is 17.2 Å². The third-order valence-corrected chi connectivity index (χ3v) is 5.03. The van der Waals surface area contributed by atoms with Gasteiger partial charge in [-0.05, 0) is 56.4 Å². The highest BCUT2D eigenvalue weighted by Crippen LogP contribution is 2.23. The fourth-order valence-corrected chi connectivity index (χ4v) is 3.72. The van der Waals surface area contributed by atoms with Crippen molar-refractivity contribution >= 4 is 0 Å². The number of hydrogen-bond donors (Lipinski definition) is 1. The van der Waals surface area contributed by atoms with Gasteiger partial charge >= 0.3 is 0 Å². The molecule has 2 aliphatic rings. The van der Waals surface area contributed by atoms with Crippen LogP contribution in [0.2, 0.25) is 0 Å². The van der Waals surface area contributed by atoms with Crippen LogP contribution in [0, 0.1) is 5.92 Å². The number of aryl methyl sites for hydroxylation is 1. The molecule has 0 aromatic carbocycles. The minimum atomic E-state index is 0.171. The molecule has 0 atom stereocenters. The number of aromatic nitrogens is 1. The summed E-state index contributed by atoms with van der Waals surface area (Å²) in [6, 6.07) is 4.43. The molecule has 2 aliphatic carbocycles. The van der Waals surface area contributed by atoms with Crippen LogP contribution in [0.5, 0.6) is 0 Å². The Labute approximate surface area is 121 Å². The number of fused-ring (bicyclic) bond motifs is 1. The van der Waals surface area contributed by atoms with Crippen LogP contribution < -0.4 is 10.9 Å². The SMILES string of the molecule is CC1CCC(NCCn2c3c(ccc2=O)CCC3)CC1. The third kappa shape index (κ3) is 2.98. The Bertz CT molecular complexity index is 512. The molecule has 3 rings (SSSR count). The molecule has 0 bridgehead atoms. The van der Waals surface area contributed by atoms with E-state index < -0.39 is 0 Å². The molecule has 3 heteroatoms. The summed E-state index contributed by atoms with van der Waals surface area (Å²) < 4.78 is 2.00. The van der Waals surface area contributed by atoms with Crippen molar-refractivity contribution in [2.45, 2.75) is 64.5 Å². The molecule has 1 fully saturated rings. The predicted molar refractivity (Wildman–Crippen MR) is 82.1 cm³/mol. The van der Waals surface area contributed by atoms with Crippen LogP contribution in [0.4, 0.5) is 0 Å². The van der Waals surface area contributed by atoms with E-state index in [1.165, 1.54) is 43.4 Å². The lowest BCUT2D eigenvalue weighted by Crippen LogP contribution is -2.36. The molecule has 1 saturated carbocycles. The summed E-state index contributed by atoms with van der Waals surface area (Å²) >= 11 is 0. The van der Waals surface area contributed by atoms with E-state index in [0.29, 0.717) is 6.04 Å². The number of pyridine rings is 1. The zero-order chi connectivity index (χ0) is 13.9. The quantitative estimate of drug-likeness (QED) is 0.915. The topological polar surface area (TPSA) is 34.0 Å². The minimum absolute atomic E-state index is 0.171. The fraction of sp³-hybridized carbons (Fsp3) is 0.706. The molecule has 110 valence electrons. The fourth-order valence-electron chi connectivity index (χ4n) is 3.72. The van der Waals surface area contributed by atoms with Crippen LogP contribution in [0.1, 0.15) is 50.3 Å². The Morgan fingerprint density at radius 2 is 2.00 bits per heavy atom. The van der Waals surface area contributed by atoms with Gasteiger partial charge in [0.1, 0.15) is 0 Å². The van der Waals surface area contributed by atoms with E-state index in [1.807, 2.05) is 10.6 Å². The predicted octanol–water partition coefficient (Wildman–Crippen LogP) is 2.51. The molecule has 3 nitrogen and oxygen atoms in total. The lowest BCUT2D eigenvalue weighted by atomic mass is 9.87. The van der Waals surface area contributed by atoms with Gasteiger partial charge in [0.15, 0.2) is 0 Å². The molecule has 0 saturated heterocycles. The molecule has 0 amide bonds. The summed E-state index contributed by atoms with van der Waals surface area (Å²) in [5, 5.41) is 3.65. The van der Waals surface area contributed by atoms with Gasteiger partial charge in [-0.1, -0.05) is 13.0 Å². The highest BCUT2D eigenvalue weighted by Gasteiger charge is 2.18. The monoisotopic (exact) mass is 274 g/mol. The molecule has 0 aliphatic heterocycles. The number of nitrogens with one attached hydrogen (secondary N) is 1. The summed E-state index contributed by atoms with van der Waals surface area (Å²) in [5.74, 6) is 0.896. The van der Waals surface area contributed by atoms with Gasteiger partial charge in [-0.15, -0.1) is 0 Å². The van der Waals surface area contributed by atoms with E-state index in [2.05, 4.69) is 12.2 Å². The lowest BCUT2D eigenvalue weighted by molar-refractivity contribution is 0.304. The first-order valence-corrected chi connectivity index (χ1v) is 8.19. The summed E-state index contributed by atoms with van der Waals surface area (Å²) in [6.45, 7) is 4.10. The molecule has 1 aromatic heterocycles. The molecule has 1 aromatic rings. The van der Waals surface area contributed by atoms with Gasteiger partial charge in [0.25, 0.3) is 5.56 Å². The molecule has 0 unspecified atom stereocenters. The van der Waals surface area contributed by atoms with Crippen molar-refractivity contribution in [1.29, 1.82) is 0 Å². The van der Waals surface area contributed by atoms with Gasteiger partial charge in [-0.25, -0.2) is 0 Å². The second-order valence-electron chi connectivity index (χ2n) is 6.56. The van der Waals surface area contributed by atoms with E-state index in [4.69, 9.17) is 0 Å². The zero-order valence-corrected chi connectivity index (χ0v) is 12.5. The average Bonchev–Trinajstić information content (AvgIpc) is 2.92. The number of hydrogen-bond acceptors (Lipinski definition) is 2. The zero-order valence-electron chi connectivity index (χ0n) is 12.5. The summed E-state index contributed by atoms with van der Waals surface area (Å²) in [5.41, 5.74) is 2.84. The number of rotatable bonds is 4. The molecular weight excluding hydrogens is 248 g/mol. The van der Waals surface area contributed by atoms with Gasteiger partial charge in [0.2, 0.25) is 0 Å². The van der Waals surface area contributed by atoms with E-state index in [-0.39, 0.29) is 5.56 Å². The Kier molecular flexibility index (Phi) is 4.25. The van der Waals surface area contributed by atoms with Gasteiger partial charge in [-0.2, -0.15) is 0 Å². The van der Waals surface area contributed by atoms with Crippen molar-refractivity contribution in [2.75, 3.05) is 6.54 Å². The smallest absolute Gasteiger partial charge is 0.250 e. The van der Waals surface area contributed by atoms with Crippen molar-refractivity contribution in [2.24, 2.45) is 5.92 Å². The maximum Gasteiger partial charge on any atom is 0.250 e. The van der Waals surface area contributed by atoms with E-state index in [0.717, 1.165) is 31.8 Å². The minimum Gasteiger partial charge on any atom is -0.312 e. The normalized spacial score (nSPS) is 25.6. The lowest BCUT2D eigenvalue weighted by Gasteiger charge is -2.27. The van der Waals surface area contributed by atoms with Gasteiger partial charge < -0.3 is 9.88 Å². The second kappa shape index (κ2) is 6.13. The molecular formula is C17H26N2O. The molecule has 1 heterocycles. The largest absolute Gasteiger partial charge is 0.312 e. The molecule has 20 heavy (non-hydrogen) atoms. The van der Waals surface area contributed by atoms with Crippen molar-refractivity contribution in [1.82, 2.24) is 9.88 Å². The maximum absolute atomic E-state index is 12.0. The maximum atomic E-state index is 12.0. The first-order chi connectivity index (χ1) is 9.74. The van der Waals surface area contributed by atoms with Gasteiger partial charge in [0, 0.05) is 30.9 Å². The van der Waals surface area contributed by atoms with Crippen molar-refractivity contribution in [3.05, 3.63) is 33.7 Å². The van der Waals surface area contributed by atoms with Crippen molar-refractivity contribution in [3.63, 3.8) is 0 Å². The van der Waals surface area contributed by atoms with Crippen molar-refractivity contribution in [3.8, 4) is 0 Å². The summed E-state index contributed by atoms with van der Waals surface area (Å²) in [4.78, 5) is 12.0. The van der Waals surface area contributed by atoms with E-state index in [1.54, 1.807) is 6.07 Å². The first-order valence-electron chi connectivity index (χ1n) is 8.19. The van der Waals surface area contributed by atoms with Crippen LogP contribution in [-0.2, 0) is 19.4 Å². The summed E-state index contributed by atoms with van der Waals surface area (Å²) in [7, 11) is 0. The molecule has 0 radical (unpaired) electrons. The molecule has 1 N–H and O–H groups in total. The first kappa shape index (κ1) is 13.9. The summed E-state index contributed by atoms with van der Waals surface area (Å²) in [6.07, 6.45) is 8.70. The number of nitrogens with zero attached hydrogens (tertiary/aromatic N) is 1. The standard InChI is InChI=1S/C17H26N2O/c1-13-5-8-15(9-6-13)18-11-12-19-16-4-2-3-14(16)7-10-17(19)20/h7,10,13,15,18H,2-6,8-9,11-12H2,1H3.